The predicted octanol–water partition coefficient (Wildman–Crippen LogP) is 2.63. The summed E-state index contributed by atoms with van der Waals surface area (Å²) in [7, 11) is 0. The number of hydrogen-bond acceptors (Lipinski definition) is 2. The topological polar surface area (TPSA) is 33.1 Å². The fourth-order valence-corrected chi connectivity index (χ4v) is 2.25. The zero-order valence-electron chi connectivity index (χ0n) is 8.91. The first-order valence-corrected chi connectivity index (χ1v) is 5.41. The highest BCUT2D eigenvalue weighted by Crippen LogP contribution is 2.37. The van der Waals surface area contributed by atoms with Crippen LogP contribution < -0.4 is 0 Å². The summed E-state index contributed by atoms with van der Waals surface area (Å²) in [6.45, 7) is 1.85. The second-order valence-electron chi connectivity index (χ2n) is 4.65. The van der Waals surface area contributed by atoms with Gasteiger partial charge in [0.25, 0.3) is 0 Å². The van der Waals surface area contributed by atoms with Crippen LogP contribution in [0.15, 0.2) is 18.3 Å². The van der Waals surface area contributed by atoms with Gasteiger partial charge >= 0.3 is 0 Å². The molecular weight excluding hydrogens is 193 g/mol. The van der Waals surface area contributed by atoms with Crippen molar-refractivity contribution in [2.75, 3.05) is 0 Å². The lowest BCUT2D eigenvalue weighted by Crippen LogP contribution is -2.29. The van der Waals surface area contributed by atoms with Gasteiger partial charge in [0.1, 0.15) is 0 Å². The van der Waals surface area contributed by atoms with E-state index in [9.17, 15) is 9.50 Å². The Bertz CT molecular complexity index is 341. The average molecular weight is 209 g/mol. The summed E-state index contributed by atoms with van der Waals surface area (Å²) in [5.41, 5.74) is 0.142. The third kappa shape index (κ3) is 2.34. The molecule has 1 heterocycles. The van der Waals surface area contributed by atoms with Gasteiger partial charge in [0.2, 0.25) is 5.95 Å². The van der Waals surface area contributed by atoms with Gasteiger partial charge in [-0.3, -0.25) is 0 Å². The van der Waals surface area contributed by atoms with Crippen LogP contribution in [-0.4, -0.2) is 15.7 Å². The molecule has 0 bridgehead atoms. The average Bonchev–Trinajstić information content (AvgIpc) is 2.19. The SMILES string of the molecule is CC1(O)CCC(c2cccnc2F)CC1. The minimum absolute atomic E-state index is 0.221. The van der Waals surface area contributed by atoms with Crippen LogP contribution in [0.2, 0.25) is 0 Å². The molecule has 3 heteroatoms. The molecule has 1 N–H and O–H groups in total. The Kier molecular flexibility index (Phi) is 2.74. The van der Waals surface area contributed by atoms with Crippen molar-refractivity contribution >= 4 is 0 Å². The highest BCUT2D eigenvalue weighted by molar-refractivity contribution is 5.17. The number of pyridine rings is 1. The van der Waals surface area contributed by atoms with Gasteiger partial charge in [-0.2, -0.15) is 4.39 Å². The van der Waals surface area contributed by atoms with E-state index in [0.29, 0.717) is 5.56 Å². The van der Waals surface area contributed by atoms with Crippen molar-refractivity contribution in [3.8, 4) is 0 Å². The Hall–Kier alpha value is -0.960. The number of halogens is 1. The normalized spacial score (nSPS) is 31.5. The Labute approximate surface area is 89.2 Å². The van der Waals surface area contributed by atoms with E-state index in [1.807, 2.05) is 6.92 Å². The van der Waals surface area contributed by atoms with Crippen molar-refractivity contribution in [3.63, 3.8) is 0 Å². The summed E-state index contributed by atoms with van der Waals surface area (Å²) in [4.78, 5) is 3.66. The molecule has 0 atom stereocenters. The zero-order valence-corrected chi connectivity index (χ0v) is 8.91. The molecule has 0 saturated heterocycles. The summed E-state index contributed by atoms with van der Waals surface area (Å²) in [5.74, 6) is -0.136. The Morgan fingerprint density at radius 3 is 2.73 bits per heavy atom. The highest BCUT2D eigenvalue weighted by atomic mass is 19.1. The van der Waals surface area contributed by atoms with Crippen LogP contribution in [0.4, 0.5) is 4.39 Å². The van der Waals surface area contributed by atoms with Crippen LogP contribution in [0, 0.1) is 5.95 Å². The zero-order chi connectivity index (χ0) is 10.9. The van der Waals surface area contributed by atoms with Gasteiger partial charge in [-0.25, -0.2) is 4.98 Å². The van der Waals surface area contributed by atoms with Gasteiger partial charge in [-0.15, -0.1) is 0 Å². The summed E-state index contributed by atoms with van der Waals surface area (Å²) in [6.07, 6.45) is 4.64. The van der Waals surface area contributed by atoms with Crippen molar-refractivity contribution in [3.05, 3.63) is 29.8 Å². The standard InChI is InChI=1S/C12H16FNO/c1-12(15)6-4-9(5-7-12)10-3-2-8-14-11(10)13/h2-3,8-9,15H,4-7H2,1H3. The third-order valence-corrected chi connectivity index (χ3v) is 3.29. The molecule has 1 aromatic rings. The van der Waals surface area contributed by atoms with E-state index < -0.39 is 5.60 Å². The summed E-state index contributed by atoms with van der Waals surface area (Å²) < 4.78 is 13.4. The molecule has 15 heavy (non-hydrogen) atoms. The van der Waals surface area contributed by atoms with Gasteiger partial charge in [-0.1, -0.05) is 6.07 Å². The molecule has 1 aliphatic rings. The minimum Gasteiger partial charge on any atom is -0.390 e. The second-order valence-corrected chi connectivity index (χ2v) is 4.65. The van der Waals surface area contributed by atoms with E-state index in [4.69, 9.17) is 0 Å². The molecule has 0 aliphatic heterocycles. The fraction of sp³-hybridized carbons (Fsp3) is 0.583. The first-order valence-electron chi connectivity index (χ1n) is 5.41. The number of rotatable bonds is 1. The van der Waals surface area contributed by atoms with Crippen molar-refractivity contribution in [2.24, 2.45) is 0 Å². The Morgan fingerprint density at radius 2 is 2.13 bits per heavy atom. The molecule has 1 aromatic heterocycles. The molecular formula is C12H16FNO. The van der Waals surface area contributed by atoms with E-state index >= 15 is 0 Å². The molecule has 1 fully saturated rings. The smallest absolute Gasteiger partial charge is 0.216 e. The van der Waals surface area contributed by atoms with Gasteiger partial charge in [0, 0.05) is 11.8 Å². The molecule has 1 aliphatic carbocycles. The van der Waals surface area contributed by atoms with E-state index in [0.717, 1.165) is 25.7 Å². The largest absolute Gasteiger partial charge is 0.390 e. The summed E-state index contributed by atoms with van der Waals surface area (Å²) >= 11 is 0. The molecule has 0 unspecified atom stereocenters. The predicted molar refractivity (Wildman–Crippen MR) is 56.0 cm³/mol. The molecule has 0 spiro atoms. The fourth-order valence-electron chi connectivity index (χ4n) is 2.25. The molecule has 82 valence electrons. The monoisotopic (exact) mass is 209 g/mol. The first kappa shape index (κ1) is 10.6. The van der Waals surface area contributed by atoms with Crippen molar-refractivity contribution in [2.45, 2.75) is 44.1 Å². The lowest BCUT2D eigenvalue weighted by molar-refractivity contribution is 0.0168. The summed E-state index contributed by atoms with van der Waals surface area (Å²) in [5, 5.41) is 9.80. The molecule has 1 saturated carbocycles. The summed E-state index contributed by atoms with van der Waals surface area (Å²) in [6, 6.07) is 3.57. The van der Waals surface area contributed by atoms with E-state index in [-0.39, 0.29) is 11.9 Å². The Morgan fingerprint density at radius 1 is 1.47 bits per heavy atom. The minimum atomic E-state index is -0.560. The number of aliphatic hydroxyl groups is 1. The first-order chi connectivity index (χ1) is 7.08. The molecule has 0 radical (unpaired) electrons. The van der Waals surface area contributed by atoms with Crippen LogP contribution in [0.3, 0.4) is 0 Å². The van der Waals surface area contributed by atoms with Crippen molar-refractivity contribution in [1.82, 2.24) is 4.98 Å². The quantitative estimate of drug-likeness (QED) is 0.721. The van der Waals surface area contributed by atoms with Gasteiger partial charge < -0.3 is 5.11 Å². The second kappa shape index (κ2) is 3.89. The lowest BCUT2D eigenvalue weighted by atomic mass is 9.77. The van der Waals surface area contributed by atoms with Crippen LogP contribution in [0.25, 0.3) is 0 Å². The van der Waals surface area contributed by atoms with Gasteiger partial charge in [-0.05, 0) is 44.6 Å². The number of hydrogen-bond donors (Lipinski definition) is 1. The molecule has 0 aromatic carbocycles. The molecule has 2 rings (SSSR count). The maximum absolute atomic E-state index is 13.4. The maximum atomic E-state index is 13.4. The Balaban J connectivity index is 2.11. The van der Waals surface area contributed by atoms with E-state index in [2.05, 4.69) is 4.98 Å². The van der Waals surface area contributed by atoms with Gasteiger partial charge in [0.15, 0.2) is 0 Å². The van der Waals surface area contributed by atoms with Crippen molar-refractivity contribution in [1.29, 1.82) is 0 Å². The van der Waals surface area contributed by atoms with Crippen LogP contribution in [-0.2, 0) is 0 Å². The molecule has 0 amide bonds. The van der Waals surface area contributed by atoms with Crippen LogP contribution in [0.1, 0.15) is 44.1 Å². The third-order valence-electron chi connectivity index (χ3n) is 3.29. The van der Waals surface area contributed by atoms with Crippen LogP contribution in [0.5, 0.6) is 0 Å². The maximum Gasteiger partial charge on any atom is 0.216 e. The number of nitrogens with zero attached hydrogens (tertiary/aromatic N) is 1. The van der Waals surface area contributed by atoms with E-state index in [1.54, 1.807) is 12.1 Å². The number of aromatic nitrogens is 1. The van der Waals surface area contributed by atoms with Crippen molar-refractivity contribution < 1.29 is 9.50 Å². The molecule has 2 nitrogen and oxygen atoms in total. The highest BCUT2D eigenvalue weighted by Gasteiger charge is 2.30. The van der Waals surface area contributed by atoms with E-state index in [1.165, 1.54) is 6.20 Å². The lowest BCUT2D eigenvalue weighted by Gasteiger charge is -2.33. The van der Waals surface area contributed by atoms with Crippen LogP contribution >= 0.6 is 0 Å². The van der Waals surface area contributed by atoms with Gasteiger partial charge in [0.05, 0.1) is 5.60 Å².